The number of hydrogen-bond acceptors (Lipinski definition) is 2. The van der Waals surface area contributed by atoms with Crippen LogP contribution in [-0.4, -0.2) is 11.9 Å². The van der Waals surface area contributed by atoms with Crippen LogP contribution in [0.4, 0.5) is 5.69 Å². The molecule has 2 rings (SSSR count). The molecule has 3 heteroatoms. The number of anilines is 1. The highest BCUT2D eigenvalue weighted by atomic mass is 16.2. The molecule has 0 saturated heterocycles. The predicted octanol–water partition coefficient (Wildman–Crippen LogP) is 3.98. The highest BCUT2D eigenvalue weighted by Gasteiger charge is 2.16. The number of rotatable bonds is 5. The van der Waals surface area contributed by atoms with Crippen LogP contribution in [0.3, 0.4) is 0 Å². The molecule has 0 aliphatic heterocycles. The van der Waals surface area contributed by atoms with E-state index in [1.54, 1.807) is 0 Å². The molecule has 2 aromatic rings. The van der Waals surface area contributed by atoms with Crippen molar-refractivity contribution in [2.75, 3.05) is 5.32 Å². The van der Waals surface area contributed by atoms with Crippen LogP contribution in [-0.2, 0) is 4.79 Å². The number of carbonyl (C=O) groups is 1. The Balaban J connectivity index is 1.99. The van der Waals surface area contributed by atoms with Gasteiger partial charge in [0.2, 0.25) is 5.91 Å². The predicted molar refractivity (Wildman–Crippen MR) is 92.0 cm³/mol. The van der Waals surface area contributed by atoms with Crippen molar-refractivity contribution in [2.45, 2.75) is 39.8 Å². The lowest BCUT2D eigenvalue weighted by atomic mass is 10.1. The third-order valence-electron chi connectivity index (χ3n) is 3.84. The van der Waals surface area contributed by atoms with Crippen LogP contribution in [0.2, 0.25) is 0 Å². The van der Waals surface area contributed by atoms with Gasteiger partial charge in [0.25, 0.3) is 0 Å². The lowest BCUT2D eigenvalue weighted by Gasteiger charge is -2.20. The van der Waals surface area contributed by atoms with Gasteiger partial charge in [-0.2, -0.15) is 0 Å². The van der Waals surface area contributed by atoms with Gasteiger partial charge in [-0.3, -0.25) is 10.1 Å². The normalized spacial score (nSPS) is 13.5. The Kier molecular flexibility index (Phi) is 5.34. The number of hydrogen-bond donors (Lipinski definition) is 2. The minimum absolute atomic E-state index is 0.0171. The van der Waals surface area contributed by atoms with E-state index in [4.69, 9.17) is 0 Å². The average Bonchev–Trinajstić information content (AvgIpc) is 2.51. The molecular formula is C19H24N2O. The number of nitrogens with one attached hydrogen (secondary N) is 2. The highest BCUT2D eigenvalue weighted by molar-refractivity contribution is 5.95. The zero-order valence-electron chi connectivity index (χ0n) is 13.7. The molecule has 2 aromatic carbocycles. The Morgan fingerprint density at radius 3 is 2.36 bits per heavy atom. The monoisotopic (exact) mass is 296 g/mol. The fourth-order valence-corrected chi connectivity index (χ4v) is 2.40. The van der Waals surface area contributed by atoms with Gasteiger partial charge in [-0.15, -0.1) is 0 Å². The van der Waals surface area contributed by atoms with Gasteiger partial charge in [0, 0.05) is 11.7 Å². The van der Waals surface area contributed by atoms with E-state index in [0.717, 1.165) is 16.8 Å². The summed E-state index contributed by atoms with van der Waals surface area (Å²) < 4.78 is 0. The van der Waals surface area contributed by atoms with Gasteiger partial charge < -0.3 is 5.32 Å². The molecular weight excluding hydrogens is 272 g/mol. The lowest BCUT2D eigenvalue weighted by Crippen LogP contribution is -2.39. The summed E-state index contributed by atoms with van der Waals surface area (Å²) in [6.07, 6.45) is 0. The van der Waals surface area contributed by atoms with E-state index in [1.165, 1.54) is 5.56 Å². The van der Waals surface area contributed by atoms with E-state index in [9.17, 15) is 4.79 Å². The summed E-state index contributed by atoms with van der Waals surface area (Å²) in [5, 5.41) is 6.34. The first kappa shape index (κ1) is 16.2. The van der Waals surface area contributed by atoms with Gasteiger partial charge >= 0.3 is 0 Å². The largest absolute Gasteiger partial charge is 0.324 e. The summed E-state index contributed by atoms with van der Waals surface area (Å²) in [6.45, 7) is 7.98. The molecule has 0 bridgehead atoms. The first-order valence-corrected chi connectivity index (χ1v) is 7.66. The van der Waals surface area contributed by atoms with Crippen LogP contribution in [0.5, 0.6) is 0 Å². The maximum atomic E-state index is 12.4. The van der Waals surface area contributed by atoms with E-state index in [-0.39, 0.29) is 18.0 Å². The Morgan fingerprint density at radius 1 is 1.00 bits per heavy atom. The van der Waals surface area contributed by atoms with Crippen molar-refractivity contribution < 1.29 is 4.79 Å². The van der Waals surface area contributed by atoms with Crippen LogP contribution in [0, 0.1) is 13.8 Å². The van der Waals surface area contributed by atoms with Crippen LogP contribution in [0.1, 0.15) is 36.6 Å². The lowest BCUT2D eigenvalue weighted by molar-refractivity contribution is -0.117. The van der Waals surface area contributed by atoms with Gasteiger partial charge in [0.05, 0.1) is 6.04 Å². The van der Waals surface area contributed by atoms with Crippen molar-refractivity contribution in [3.05, 3.63) is 65.2 Å². The Bertz CT molecular complexity index is 637. The van der Waals surface area contributed by atoms with E-state index >= 15 is 0 Å². The van der Waals surface area contributed by atoms with Crippen molar-refractivity contribution in [3.8, 4) is 0 Å². The minimum Gasteiger partial charge on any atom is -0.324 e. The summed E-state index contributed by atoms with van der Waals surface area (Å²) in [7, 11) is 0. The van der Waals surface area contributed by atoms with Gasteiger partial charge in [-0.05, 0) is 50.5 Å². The van der Waals surface area contributed by atoms with Crippen molar-refractivity contribution >= 4 is 11.6 Å². The second-order valence-corrected chi connectivity index (χ2v) is 5.83. The number of amides is 1. The van der Waals surface area contributed by atoms with Crippen LogP contribution in [0.15, 0.2) is 48.5 Å². The molecule has 2 N–H and O–H groups in total. The van der Waals surface area contributed by atoms with Crippen LogP contribution < -0.4 is 10.6 Å². The zero-order chi connectivity index (χ0) is 16.1. The number of aryl methyl sites for hydroxylation is 2. The van der Waals surface area contributed by atoms with Gasteiger partial charge in [-0.25, -0.2) is 0 Å². The molecule has 1 amide bonds. The molecule has 22 heavy (non-hydrogen) atoms. The molecule has 0 radical (unpaired) electrons. The molecule has 0 aliphatic carbocycles. The van der Waals surface area contributed by atoms with Gasteiger partial charge in [0.15, 0.2) is 0 Å². The molecule has 0 aromatic heterocycles. The molecule has 116 valence electrons. The second kappa shape index (κ2) is 7.23. The molecule has 3 nitrogen and oxygen atoms in total. The average molecular weight is 296 g/mol. The minimum atomic E-state index is -0.268. The van der Waals surface area contributed by atoms with Crippen LogP contribution in [0.25, 0.3) is 0 Å². The SMILES string of the molecule is Cc1ccc(C)c(NC(=O)[C@H](C)N[C@@H](C)c2ccccc2)c1. The summed E-state index contributed by atoms with van der Waals surface area (Å²) in [5.74, 6) is -0.0171. The fraction of sp³-hybridized carbons (Fsp3) is 0.316. The van der Waals surface area contributed by atoms with Crippen molar-refractivity contribution in [1.82, 2.24) is 5.32 Å². The first-order valence-electron chi connectivity index (χ1n) is 7.66. The third kappa shape index (κ3) is 4.18. The first-order chi connectivity index (χ1) is 10.5. The molecule has 2 atom stereocenters. The summed E-state index contributed by atoms with van der Waals surface area (Å²) >= 11 is 0. The van der Waals surface area contributed by atoms with Crippen LogP contribution >= 0.6 is 0 Å². The summed E-state index contributed by atoms with van der Waals surface area (Å²) in [6, 6.07) is 16.1. The maximum absolute atomic E-state index is 12.4. The zero-order valence-corrected chi connectivity index (χ0v) is 13.7. The molecule has 0 spiro atoms. The molecule has 0 fully saturated rings. The Labute approximate surface area is 132 Å². The number of benzene rings is 2. The summed E-state index contributed by atoms with van der Waals surface area (Å²) in [5.41, 5.74) is 4.27. The number of carbonyl (C=O) groups excluding carboxylic acids is 1. The second-order valence-electron chi connectivity index (χ2n) is 5.83. The van der Waals surface area contributed by atoms with Gasteiger partial charge in [-0.1, -0.05) is 42.5 Å². The fourth-order valence-electron chi connectivity index (χ4n) is 2.40. The van der Waals surface area contributed by atoms with Crippen molar-refractivity contribution in [1.29, 1.82) is 0 Å². The van der Waals surface area contributed by atoms with Crippen molar-refractivity contribution in [2.24, 2.45) is 0 Å². The third-order valence-corrected chi connectivity index (χ3v) is 3.84. The Morgan fingerprint density at radius 2 is 1.68 bits per heavy atom. The topological polar surface area (TPSA) is 41.1 Å². The maximum Gasteiger partial charge on any atom is 0.241 e. The molecule has 0 saturated carbocycles. The van der Waals surface area contributed by atoms with E-state index in [1.807, 2.05) is 57.2 Å². The standard InChI is InChI=1S/C19H24N2O/c1-13-10-11-14(2)18(12-13)21-19(22)16(4)20-15(3)17-8-6-5-7-9-17/h5-12,15-16,20H,1-4H3,(H,21,22)/t15-,16-/m0/s1. The quantitative estimate of drug-likeness (QED) is 0.876. The van der Waals surface area contributed by atoms with E-state index < -0.39 is 0 Å². The molecule has 0 aliphatic rings. The van der Waals surface area contributed by atoms with Gasteiger partial charge in [0.1, 0.15) is 0 Å². The van der Waals surface area contributed by atoms with E-state index in [0.29, 0.717) is 0 Å². The molecule has 0 unspecified atom stereocenters. The Hall–Kier alpha value is -2.13. The van der Waals surface area contributed by atoms with E-state index in [2.05, 4.69) is 29.7 Å². The highest BCUT2D eigenvalue weighted by Crippen LogP contribution is 2.17. The molecule has 0 heterocycles. The smallest absolute Gasteiger partial charge is 0.241 e. The van der Waals surface area contributed by atoms with Crippen molar-refractivity contribution in [3.63, 3.8) is 0 Å². The summed E-state index contributed by atoms with van der Waals surface area (Å²) in [4.78, 5) is 12.4.